The molecule has 1 saturated carbocycles. The Balaban J connectivity index is 1.23. The number of thiazole rings is 1. The molecule has 3 aromatic rings. The predicted octanol–water partition coefficient (Wildman–Crippen LogP) is 6.20. The Hall–Kier alpha value is -2.52. The van der Waals surface area contributed by atoms with E-state index in [2.05, 4.69) is 20.6 Å². The van der Waals surface area contributed by atoms with Crippen molar-refractivity contribution >= 4 is 39.9 Å². The number of nitrogens with one attached hydrogen (secondary N) is 2. The third-order valence-electron chi connectivity index (χ3n) is 5.21. The number of thioether (sulfide) groups is 1. The van der Waals surface area contributed by atoms with Crippen LogP contribution < -0.4 is 15.4 Å². The normalized spacial score (nSPS) is 14.4. The number of ether oxygens (including phenoxy) is 1. The van der Waals surface area contributed by atoms with Crippen molar-refractivity contribution in [1.82, 2.24) is 9.97 Å². The summed E-state index contributed by atoms with van der Waals surface area (Å²) < 4.78 is 12.0. The number of anilines is 2. The molecule has 2 N–H and O–H groups in total. The van der Waals surface area contributed by atoms with Gasteiger partial charge in [0.2, 0.25) is 5.89 Å². The molecule has 0 atom stereocenters. The van der Waals surface area contributed by atoms with Crippen molar-refractivity contribution in [2.75, 3.05) is 17.7 Å². The quantitative estimate of drug-likeness (QED) is 0.391. The fourth-order valence-corrected chi connectivity index (χ4v) is 5.36. The van der Waals surface area contributed by atoms with Gasteiger partial charge in [-0.05, 0) is 30.2 Å². The monoisotopic (exact) mass is 458 g/mol. The number of carbonyl (C=O) groups is 1. The molecule has 0 bridgehead atoms. The van der Waals surface area contributed by atoms with Crippen LogP contribution in [0.15, 0.2) is 45.3 Å². The van der Waals surface area contributed by atoms with E-state index in [1.54, 1.807) is 49.3 Å². The van der Waals surface area contributed by atoms with Gasteiger partial charge in [0, 0.05) is 12.1 Å². The molecule has 0 saturated heterocycles. The van der Waals surface area contributed by atoms with Gasteiger partial charge in [0.25, 0.3) is 0 Å². The van der Waals surface area contributed by atoms with Crippen LogP contribution in [0.2, 0.25) is 0 Å². The number of hydrogen-bond acceptors (Lipinski definition) is 7. The zero-order valence-electron chi connectivity index (χ0n) is 17.4. The number of nitrogens with zero attached hydrogens (tertiary/aromatic N) is 2. The lowest BCUT2D eigenvalue weighted by Gasteiger charge is -2.19. The maximum absolute atomic E-state index is 12.2. The minimum absolute atomic E-state index is 0.337. The lowest BCUT2D eigenvalue weighted by atomic mass is 9.86. The number of aromatic nitrogens is 2. The topological polar surface area (TPSA) is 89.3 Å². The van der Waals surface area contributed by atoms with E-state index in [9.17, 15) is 4.79 Å². The smallest absolute Gasteiger partial charge is 0.325 e. The highest BCUT2D eigenvalue weighted by molar-refractivity contribution is 8.00. The molecule has 0 spiro atoms. The number of methoxy groups -OCH3 is 1. The van der Waals surface area contributed by atoms with E-state index in [4.69, 9.17) is 9.15 Å². The first-order valence-corrected chi connectivity index (χ1v) is 12.2. The average molecular weight is 459 g/mol. The average Bonchev–Trinajstić information content (AvgIpc) is 3.42. The first kappa shape index (κ1) is 21.7. The molecule has 1 fully saturated rings. The maximum Gasteiger partial charge on any atom is 0.325 e. The summed E-state index contributed by atoms with van der Waals surface area (Å²) in [7, 11) is 1.60. The van der Waals surface area contributed by atoms with Crippen molar-refractivity contribution in [1.29, 1.82) is 0 Å². The number of oxazole rings is 1. The fraction of sp³-hybridized carbons (Fsp3) is 0.409. The molecule has 164 valence electrons. The van der Waals surface area contributed by atoms with E-state index in [0.717, 1.165) is 33.9 Å². The van der Waals surface area contributed by atoms with E-state index in [0.29, 0.717) is 16.6 Å². The van der Waals surface area contributed by atoms with Crippen LogP contribution in [0, 0.1) is 5.92 Å². The Labute approximate surface area is 190 Å². The van der Waals surface area contributed by atoms with Gasteiger partial charge in [0.1, 0.15) is 11.5 Å². The van der Waals surface area contributed by atoms with Crippen LogP contribution in [0.4, 0.5) is 15.6 Å². The Morgan fingerprint density at radius 1 is 1.16 bits per heavy atom. The molecule has 31 heavy (non-hydrogen) atoms. The second-order valence-corrected chi connectivity index (χ2v) is 9.82. The van der Waals surface area contributed by atoms with Crippen LogP contribution in [0.5, 0.6) is 5.75 Å². The first-order valence-electron chi connectivity index (χ1n) is 10.4. The molecule has 4 rings (SSSR count). The molecule has 2 amide bonds. The summed E-state index contributed by atoms with van der Waals surface area (Å²) in [5, 5.41) is 6.08. The molecule has 1 aromatic carbocycles. The van der Waals surface area contributed by atoms with Gasteiger partial charge in [-0.3, -0.25) is 5.32 Å². The molecule has 0 unspecified atom stereocenters. The van der Waals surface area contributed by atoms with Crippen LogP contribution in [0.25, 0.3) is 0 Å². The van der Waals surface area contributed by atoms with E-state index in [-0.39, 0.29) is 6.03 Å². The van der Waals surface area contributed by atoms with Gasteiger partial charge in [-0.1, -0.05) is 43.4 Å². The molecule has 0 radical (unpaired) electrons. The van der Waals surface area contributed by atoms with Crippen molar-refractivity contribution in [3.05, 3.63) is 48.3 Å². The second kappa shape index (κ2) is 10.7. The van der Waals surface area contributed by atoms with Gasteiger partial charge in [0.15, 0.2) is 5.13 Å². The van der Waals surface area contributed by atoms with Crippen molar-refractivity contribution in [2.45, 2.75) is 48.5 Å². The second-order valence-electron chi connectivity index (χ2n) is 7.51. The molecular formula is C22H26N4O3S2. The summed E-state index contributed by atoms with van der Waals surface area (Å²) in [6.07, 6.45) is 11.3. The van der Waals surface area contributed by atoms with Crippen LogP contribution in [-0.4, -0.2) is 23.1 Å². The van der Waals surface area contributed by atoms with E-state index in [1.807, 2.05) is 6.20 Å². The minimum atomic E-state index is -0.337. The van der Waals surface area contributed by atoms with E-state index < -0.39 is 0 Å². The third-order valence-corrected chi connectivity index (χ3v) is 7.30. The van der Waals surface area contributed by atoms with Gasteiger partial charge < -0.3 is 14.5 Å². The third kappa shape index (κ3) is 6.48. The number of urea groups is 1. The highest BCUT2D eigenvalue weighted by Gasteiger charge is 2.16. The molecule has 1 aliphatic rings. The number of hydrogen-bond donors (Lipinski definition) is 2. The van der Waals surface area contributed by atoms with Crippen molar-refractivity contribution < 1.29 is 13.9 Å². The van der Waals surface area contributed by atoms with Crippen molar-refractivity contribution in [3.8, 4) is 5.75 Å². The molecular weight excluding hydrogens is 432 g/mol. The number of carbonyl (C=O) groups excluding carboxylic acids is 1. The fourth-order valence-electron chi connectivity index (χ4n) is 3.64. The predicted molar refractivity (Wildman–Crippen MR) is 124 cm³/mol. The van der Waals surface area contributed by atoms with Crippen LogP contribution in [0.3, 0.4) is 0 Å². The van der Waals surface area contributed by atoms with Crippen LogP contribution in [-0.2, 0) is 12.2 Å². The maximum atomic E-state index is 12.2. The standard InChI is InChI=1S/C22H26N4O3S2/c1-28-17-9-7-16(8-10-17)25-21(27)26-22-24-13-20(31-22)30-14-19-23-12-18(29-19)11-15-5-3-2-4-6-15/h7-10,12-13,15H,2-6,11,14H2,1H3,(H2,24,25,26,27). The Bertz CT molecular complexity index is 981. The Morgan fingerprint density at radius 2 is 1.97 bits per heavy atom. The van der Waals surface area contributed by atoms with Crippen molar-refractivity contribution in [3.63, 3.8) is 0 Å². The lowest BCUT2D eigenvalue weighted by Crippen LogP contribution is -2.19. The zero-order chi connectivity index (χ0) is 21.5. The molecule has 1 aliphatic carbocycles. The van der Waals surface area contributed by atoms with E-state index in [1.165, 1.54) is 43.4 Å². The minimum Gasteiger partial charge on any atom is -0.497 e. The number of rotatable bonds is 8. The largest absolute Gasteiger partial charge is 0.497 e. The van der Waals surface area contributed by atoms with Crippen LogP contribution in [0.1, 0.15) is 43.8 Å². The van der Waals surface area contributed by atoms with Gasteiger partial charge in [-0.15, -0.1) is 11.8 Å². The van der Waals surface area contributed by atoms with Gasteiger partial charge >= 0.3 is 6.03 Å². The summed E-state index contributed by atoms with van der Waals surface area (Å²) in [6, 6.07) is 6.80. The highest BCUT2D eigenvalue weighted by Crippen LogP contribution is 2.31. The Kier molecular flexibility index (Phi) is 7.48. The molecule has 9 heteroatoms. The summed E-state index contributed by atoms with van der Waals surface area (Å²) in [5.41, 5.74) is 0.678. The van der Waals surface area contributed by atoms with Gasteiger partial charge in [-0.2, -0.15) is 0 Å². The SMILES string of the molecule is COc1ccc(NC(=O)Nc2ncc(SCc3ncc(CC4CCCCC4)o3)s2)cc1. The van der Waals surface area contributed by atoms with Crippen LogP contribution >= 0.6 is 23.1 Å². The summed E-state index contributed by atoms with van der Waals surface area (Å²) in [4.78, 5) is 20.9. The number of amides is 2. The van der Waals surface area contributed by atoms with Gasteiger partial charge in [0.05, 0.1) is 29.5 Å². The summed E-state index contributed by atoms with van der Waals surface area (Å²) >= 11 is 3.03. The molecule has 7 nitrogen and oxygen atoms in total. The lowest BCUT2D eigenvalue weighted by molar-refractivity contribution is 0.262. The summed E-state index contributed by atoms with van der Waals surface area (Å²) in [5.74, 6) is 3.84. The van der Waals surface area contributed by atoms with Crippen molar-refractivity contribution in [2.24, 2.45) is 5.92 Å². The Morgan fingerprint density at radius 3 is 2.74 bits per heavy atom. The highest BCUT2D eigenvalue weighted by atomic mass is 32.2. The molecule has 2 aromatic heterocycles. The summed E-state index contributed by atoms with van der Waals surface area (Å²) in [6.45, 7) is 0. The molecule has 0 aliphatic heterocycles. The number of benzene rings is 1. The first-order chi connectivity index (χ1) is 15.2. The van der Waals surface area contributed by atoms with Gasteiger partial charge in [-0.25, -0.2) is 14.8 Å². The zero-order valence-corrected chi connectivity index (χ0v) is 19.1. The van der Waals surface area contributed by atoms with E-state index >= 15 is 0 Å². The molecule has 2 heterocycles.